The van der Waals surface area contributed by atoms with Gasteiger partial charge in [-0.15, -0.1) is 0 Å². The summed E-state index contributed by atoms with van der Waals surface area (Å²) in [5, 5.41) is 15.2. The Labute approximate surface area is 132 Å². The summed E-state index contributed by atoms with van der Waals surface area (Å²) in [5.74, 6) is -1.42. The fourth-order valence-corrected chi connectivity index (χ4v) is 3.03. The van der Waals surface area contributed by atoms with Crippen LogP contribution < -0.4 is 4.72 Å². The zero-order chi connectivity index (χ0) is 16.3. The largest absolute Gasteiger partial charge is 0.286 e. The molecule has 22 heavy (non-hydrogen) atoms. The summed E-state index contributed by atoms with van der Waals surface area (Å²) >= 11 is 5.85. The highest BCUT2D eigenvalue weighted by atomic mass is 35.5. The molecule has 1 aromatic carbocycles. The number of H-pyrrole nitrogens is 1. The highest BCUT2D eigenvalue weighted by Crippen LogP contribution is 2.17. The van der Waals surface area contributed by atoms with Crippen LogP contribution in [0, 0.1) is 18.3 Å². The van der Waals surface area contributed by atoms with Gasteiger partial charge >= 0.3 is 0 Å². The number of benzene rings is 1. The molecule has 1 heterocycles. The minimum absolute atomic E-state index is 0.0603. The van der Waals surface area contributed by atoms with Crippen molar-refractivity contribution >= 4 is 27.5 Å². The number of carbonyl (C=O) groups excluding carboxylic acids is 1. The lowest BCUT2D eigenvalue weighted by atomic mass is 10.1. The maximum Gasteiger partial charge on any atom is 0.286 e. The molecule has 0 radical (unpaired) electrons. The molecule has 1 aromatic heterocycles. The Hall–Kier alpha value is -2.37. The molecule has 0 bridgehead atoms. The third-order valence-electron chi connectivity index (χ3n) is 2.82. The van der Waals surface area contributed by atoms with E-state index in [2.05, 4.69) is 10.2 Å². The fraction of sp³-hybridized carbons (Fsp3) is 0.154. The third kappa shape index (κ3) is 3.44. The van der Waals surface area contributed by atoms with Gasteiger partial charge in [0.05, 0.1) is 28.1 Å². The molecule has 2 N–H and O–H groups in total. The first-order valence-corrected chi connectivity index (χ1v) is 8.10. The van der Waals surface area contributed by atoms with E-state index in [1.54, 1.807) is 19.1 Å². The number of carbonyl (C=O) groups is 1. The highest BCUT2D eigenvalue weighted by Gasteiger charge is 2.22. The van der Waals surface area contributed by atoms with Gasteiger partial charge in [-0.25, -0.2) is 13.1 Å². The van der Waals surface area contributed by atoms with Crippen LogP contribution in [0.25, 0.3) is 0 Å². The number of sulfonamides is 1. The molecule has 114 valence electrons. The van der Waals surface area contributed by atoms with Crippen LogP contribution in [0.2, 0.25) is 5.02 Å². The van der Waals surface area contributed by atoms with E-state index < -0.39 is 21.7 Å². The number of nitriles is 1. The summed E-state index contributed by atoms with van der Waals surface area (Å²) in [6.45, 7) is 1.60. The Kier molecular flexibility index (Phi) is 4.49. The summed E-state index contributed by atoms with van der Waals surface area (Å²) in [5.41, 5.74) is 0.791. The maximum absolute atomic E-state index is 12.0. The minimum Gasteiger partial charge on any atom is -0.280 e. The lowest BCUT2D eigenvalue weighted by Gasteiger charge is -2.07. The number of aromatic nitrogens is 2. The van der Waals surface area contributed by atoms with Gasteiger partial charge in [0.25, 0.3) is 5.91 Å². The van der Waals surface area contributed by atoms with Crippen molar-refractivity contribution < 1.29 is 13.2 Å². The first-order valence-electron chi connectivity index (χ1n) is 6.07. The van der Waals surface area contributed by atoms with Crippen LogP contribution >= 0.6 is 11.6 Å². The summed E-state index contributed by atoms with van der Waals surface area (Å²) < 4.78 is 26.0. The first kappa shape index (κ1) is 16.0. The number of nitrogens with zero attached hydrogens (tertiary/aromatic N) is 2. The van der Waals surface area contributed by atoms with Gasteiger partial charge in [-0.1, -0.05) is 29.8 Å². The molecular formula is C13H11ClN4O3S. The van der Waals surface area contributed by atoms with Gasteiger partial charge in [-0.2, -0.15) is 10.4 Å². The van der Waals surface area contributed by atoms with Crippen LogP contribution in [0.1, 0.15) is 27.3 Å². The van der Waals surface area contributed by atoms with Crippen molar-refractivity contribution in [1.29, 1.82) is 5.26 Å². The van der Waals surface area contributed by atoms with E-state index in [9.17, 15) is 13.2 Å². The SMILES string of the molecule is Cc1[nH]nc(C(=O)NS(=O)(=O)Cc2ccccc2C#N)c1Cl. The maximum atomic E-state index is 12.0. The second-order valence-corrected chi connectivity index (χ2v) is 6.57. The number of hydrogen-bond donors (Lipinski definition) is 2. The molecule has 0 fully saturated rings. The number of aromatic amines is 1. The average Bonchev–Trinajstić information content (AvgIpc) is 2.78. The molecule has 2 aromatic rings. The Morgan fingerprint density at radius 1 is 1.45 bits per heavy atom. The van der Waals surface area contributed by atoms with Gasteiger partial charge < -0.3 is 0 Å². The molecule has 0 saturated heterocycles. The van der Waals surface area contributed by atoms with Crippen LogP contribution in [0.4, 0.5) is 0 Å². The van der Waals surface area contributed by atoms with Crippen LogP contribution in [0.3, 0.4) is 0 Å². The Morgan fingerprint density at radius 3 is 2.73 bits per heavy atom. The van der Waals surface area contributed by atoms with Crippen molar-refractivity contribution in [1.82, 2.24) is 14.9 Å². The molecule has 9 heteroatoms. The van der Waals surface area contributed by atoms with Crippen molar-refractivity contribution in [3.8, 4) is 6.07 Å². The van der Waals surface area contributed by atoms with E-state index in [0.717, 1.165) is 0 Å². The number of halogens is 1. The van der Waals surface area contributed by atoms with E-state index >= 15 is 0 Å². The molecule has 0 spiro atoms. The van der Waals surface area contributed by atoms with E-state index in [1.165, 1.54) is 12.1 Å². The highest BCUT2D eigenvalue weighted by molar-refractivity contribution is 7.89. The second kappa shape index (κ2) is 6.17. The monoisotopic (exact) mass is 338 g/mol. The zero-order valence-corrected chi connectivity index (χ0v) is 13.0. The molecule has 7 nitrogen and oxygen atoms in total. The molecule has 0 aliphatic heterocycles. The molecule has 0 aliphatic carbocycles. The summed E-state index contributed by atoms with van der Waals surface area (Å²) in [7, 11) is -3.99. The minimum atomic E-state index is -3.99. The number of aryl methyl sites for hydroxylation is 1. The van der Waals surface area contributed by atoms with Crippen molar-refractivity contribution in [3.05, 3.63) is 51.8 Å². The molecule has 0 aliphatic rings. The van der Waals surface area contributed by atoms with Crippen molar-refractivity contribution in [3.63, 3.8) is 0 Å². The van der Waals surface area contributed by atoms with E-state index in [1.807, 2.05) is 10.8 Å². The van der Waals surface area contributed by atoms with Crippen LogP contribution in [0.15, 0.2) is 24.3 Å². The standard InChI is InChI=1S/C13H11ClN4O3S/c1-8-11(14)12(17-16-8)13(19)18-22(20,21)7-10-5-3-2-4-9(10)6-15/h2-5H,7H2,1H3,(H,16,17)(H,18,19). The molecule has 0 unspecified atom stereocenters. The summed E-state index contributed by atoms with van der Waals surface area (Å²) in [6.07, 6.45) is 0. The molecular weight excluding hydrogens is 328 g/mol. The van der Waals surface area contributed by atoms with Gasteiger partial charge in [-0.05, 0) is 18.6 Å². The number of amides is 1. The predicted octanol–water partition coefficient (Wildman–Crippen LogP) is 1.50. The summed E-state index contributed by atoms with van der Waals surface area (Å²) in [6, 6.07) is 8.15. The lowest BCUT2D eigenvalue weighted by Crippen LogP contribution is -2.32. The normalized spacial score (nSPS) is 11.0. The van der Waals surface area contributed by atoms with Gasteiger partial charge in [0.2, 0.25) is 10.0 Å². The molecule has 2 rings (SSSR count). The zero-order valence-electron chi connectivity index (χ0n) is 11.4. The van der Waals surface area contributed by atoms with E-state index in [0.29, 0.717) is 11.3 Å². The van der Waals surface area contributed by atoms with Gasteiger partial charge in [0.1, 0.15) is 0 Å². The third-order valence-corrected chi connectivity index (χ3v) is 4.47. The first-order chi connectivity index (χ1) is 10.3. The average molecular weight is 339 g/mol. The smallest absolute Gasteiger partial charge is 0.280 e. The van der Waals surface area contributed by atoms with Crippen molar-refractivity contribution in [2.45, 2.75) is 12.7 Å². The quantitative estimate of drug-likeness (QED) is 0.876. The molecule has 1 amide bonds. The van der Waals surface area contributed by atoms with Gasteiger partial charge in [0.15, 0.2) is 5.69 Å². The number of hydrogen-bond acceptors (Lipinski definition) is 5. The predicted molar refractivity (Wildman–Crippen MR) is 79.6 cm³/mol. The topological polar surface area (TPSA) is 116 Å². The Bertz CT molecular complexity index is 868. The van der Waals surface area contributed by atoms with Crippen LogP contribution in [-0.2, 0) is 15.8 Å². The van der Waals surface area contributed by atoms with Crippen LogP contribution in [0.5, 0.6) is 0 Å². The van der Waals surface area contributed by atoms with Crippen molar-refractivity contribution in [2.75, 3.05) is 0 Å². The summed E-state index contributed by atoms with van der Waals surface area (Å²) in [4.78, 5) is 11.9. The van der Waals surface area contributed by atoms with E-state index in [-0.39, 0.29) is 16.3 Å². The van der Waals surface area contributed by atoms with Crippen molar-refractivity contribution in [2.24, 2.45) is 0 Å². The fourth-order valence-electron chi connectivity index (χ4n) is 1.75. The van der Waals surface area contributed by atoms with E-state index in [4.69, 9.17) is 16.9 Å². The Morgan fingerprint density at radius 2 is 2.14 bits per heavy atom. The second-order valence-electron chi connectivity index (χ2n) is 4.47. The number of nitrogens with one attached hydrogen (secondary N) is 2. The lowest BCUT2D eigenvalue weighted by molar-refractivity contribution is 0.0976. The molecule has 0 saturated carbocycles. The Balaban J connectivity index is 2.20. The molecule has 0 atom stereocenters. The van der Waals surface area contributed by atoms with Gasteiger partial charge in [-0.3, -0.25) is 9.89 Å². The number of rotatable bonds is 4. The van der Waals surface area contributed by atoms with Crippen LogP contribution in [-0.4, -0.2) is 24.5 Å². The van der Waals surface area contributed by atoms with Gasteiger partial charge in [0, 0.05) is 0 Å².